The molecule has 2 aliphatic rings. The van der Waals surface area contributed by atoms with Gasteiger partial charge in [0.25, 0.3) is 5.91 Å². The molecule has 0 aromatic heterocycles. The summed E-state index contributed by atoms with van der Waals surface area (Å²) in [4.78, 5) is 42.3. The minimum atomic E-state index is -1.41. The zero-order chi connectivity index (χ0) is 21.0. The van der Waals surface area contributed by atoms with E-state index in [-0.39, 0.29) is 13.0 Å². The van der Waals surface area contributed by atoms with E-state index in [0.29, 0.717) is 10.7 Å². The molecule has 2 aliphatic heterocycles. The Labute approximate surface area is 178 Å². The van der Waals surface area contributed by atoms with Crippen molar-refractivity contribution in [2.75, 3.05) is 23.4 Å². The van der Waals surface area contributed by atoms with Crippen molar-refractivity contribution in [1.82, 2.24) is 5.32 Å². The van der Waals surface area contributed by atoms with Crippen LogP contribution in [0.2, 0.25) is 5.02 Å². The summed E-state index contributed by atoms with van der Waals surface area (Å²) in [6.07, 6.45) is 0.211. The van der Waals surface area contributed by atoms with Crippen LogP contribution in [0.1, 0.15) is 5.56 Å². The first-order valence-electron chi connectivity index (χ1n) is 9.58. The van der Waals surface area contributed by atoms with Crippen LogP contribution in [-0.4, -0.2) is 31.4 Å². The number of hydrogen-bond donors (Lipinski definition) is 1. The summed E-state index contributed by atoms with van der Waals surface area (Å²) in [6, 6.07) is 17.7. The minimum absolute atomic E-state index is 0.174. The van der Waals surface area contributed by atoms with Gasteiger partial charge < -0.3 is 4.90 Å². The molecule has 0 unspecified atom stereocenters. The molecule has 0 radical (unpaired) electrons. The molecular weight excluding hydrogens is 402 g/mol. The summed E-state index contributed by atoms with van der Waals surface area (Å²) >= 11 is 6.08. The normalized spacial score (nSPS) is 21.2. The van der Waals surface area contributed by atoms with Crippen LogP contribution in [-0.2, 0) is 16.0 Å². The van der Waals surface area contributed by atoms with Crippen molar-refractivity contribution in [3.63, 3.8) is 0 Å². The number of rotatable bonds is 1. The molecule has 0 saturated carbocycles. The van der Waals surface area contributed by atoms with Crippen molar-refractivity contribution >= 4 is 51.6 Å². The number of barbiturate groups is 1. The number of fused-ring (bicyclic) bond motifs is 3. The smallest absolute Gasteiger partial charge is 0.335 e. The van der Waals surface area contributed by atoms with Gasteiger partial charge in [-0.2, -0.15) is 0 Å². The van der Waals surface area contributed by atoms with Crippen molar-refractivity contribution in [2.45, 2.75) is 6.42 Å². The van der Waals surface area contributed by atoms with Crippen molar-refractivity contribution in [3.8, 4) is 0 Å². The van der Waals surface area contributed by atoms with Gasteiger partial charge in [0.15, 0.2) is 5.41 Å². The van der Waals surface area contributed by atoms with Gasteiger partial charge in [-0.3, -0.25) is 14.9 Å². The Morgan fingerprint density at radius 2 is 1.80 bits per heavy atom. The van der Waals surface area contributed by atoms with Crippen LogP contribution >= 0.6 is 11.6 Å². The largest absolute Gasteiger partial charge is 0.373 e. The molecule has 1 spiro atoms. The average Bonchev–Trinajstić information content (AvgIpc) is 2.72. The molecule has 1 fully saturated rings. The van der Waals surface area contributed by atoms with E-state index in [1.165, 1.54) is 0 Å². The predicted molar refractivity (Wildman–Crippen MR) is 116 cm³/mol. The highest BCUT2D eigenvalue weighted by Gasteiger charge is 2.57. The summed E-state index contributed by atoms with van der Waals surface area (Å²) in [5.74, 6) is -1.11. The van der Waals surface area contributed by atoms with E-state index in [0.717, 1.165) is 26.9 Å². The lowest BCUT2D eigenvalue weighted by atomic mass is 9.73. The van der Waals surface area contributed by atoms with E-state index < -0.39 is 23.3 Å². The zero-order valence-corrected chi connectivity index (χ0v) is 16.9. The third kappa shape index (κ3) is 2.60. The molecule has 3 aromatic rings. The van der Waals surface area contributed by atoms with Crippen LogP contribution in [0.15, 0.2) is 60.7 Å². The zero-order valence-electron chi connectivity index (χ0n) is 16.2. The second-order valence-electron chi connectivity index (χ2n) is 7.78. The number of benzene rings is 3. The minimum Gasteiger partial charge on any atom is -0.373 e. The van der Waals surface area contributed by atoms with Gasteiger partial charge in [0.05, 0.1) is 5.69 Å². The maximum absolute atomic E-state index is 13.7. The van der Waals surface area contributed by atoms with Crippen LogP contribution in [0.3, 0.4) is 0 Å². The van der Waals surface area contributed by atoms with Crippen molar-refractivity contribution in [1.29, 1.82) is 0 Å². The Bertz CT molecular complexity index is 1240. The lowest BCUT2D eigenvalue weighted by Gasteiger charge is -2.45. The summed E-state index contributed by atoms with van der Waals surface area (Å²) in [5, 5.41) is 4.82. The second-order valence-corrected chi connectivity index (χ2v) is 8.22. The van der Waals surface area contributed by atoms with E-state index in [4.69, 9.17) is 11.6 Å². The molecule has 3 aromatic carbocycles. The number of carbonyl (C=O) groups is 3. The molecule has 6 nitrogen and oxygen atoms in total. The molecule has 5 rings (SSSR count). The number of hydrogen-bond acceptors (Lipinski definition) is 4. The van der Waals surface area contributed by atoms with E-state index >= 15 is 0 Å². The highest BCUT2D eigenvalue weighted by molar-refractivity contribution is 6.33. The molecule has 4 amide bonds. The molecule has 150 valence electrons. The van der Waals surface area contributed by atoms with Crippen LogP contribution in [0.4, 0.5) is 16.2 Å². The van der Waals surface area contributed by atoms with Gasteiger partial charge in [0.2, 0.25) is 5.91 Å². The van der Waals surface area contributed by atoms with E-state index in [1.807, 2.05) is 48.3 Å². The van der Waals surface area contributed by atoms with Crippen LogP contribution < -0.4 is 15.1 Å². The number of nitrogens with one attached hydrogen (secondary N) is 1. The maximum atomic E-state index is 13.7. The number of carbonyl (C=O) groups excluding carboxylic acids is 3. The Balaban J connectivity index is 1.66. The highest BCUT2D eigenvalue weighted by atomic mass is 35.5. The number of anilines is 2. The Hall–Kier alpha value is -3.38. The van der Waals surface area contributed by atoms with Gasteiger partial charge in [0.1, 0.15) is 0 Å². The molecule has 0 aliphatic carbocycles. The molecule has 2 heterocycles. The first-order valence-corrected chi connectivity index (χ1v) is 9.96. The summed E-state index contributed by atoms with van der Waals surface area (Å²) in [5.41, 5.74) is 0.822. The van der Waals surface area contributed by atoms with Crippen molar-refractivity contribution in [2.24, 2.45) is 5.41 Å². The van der Waals surface area contributed by atoms with Crippen molar-refractivity contribution in [3.05, 3.63) is 71.2 Å². The average molecular weight is 420 g/mol. The van der Waals surface area contributed by atoms with Gasteiger partial charge in [-0.05, 0) is 40.6 Å². The topological polar surface area (TPSA) is 69.7 Å². The van der Waals surface area contributed by atoms with Crippen LogP contribution in [0.25, 0.3) is 10.8 Å². The SMILES string of the molecule is CN1C[C@]2(Cc3c1ccc1ccccc31)C(=O)NC(=O)N(c1cccc(Cl)c1)C2=O. The van der Waals surface area contributed by atoms with E-state index in [9.17, 15) is 14.4 Å². The molecule has 1 N–H and O–H groups in total. The Kier molecular flexibility index (Phi) is 4.08. The quantitative estimate of drug-likeness (QED) is 0.610. The fourth-order valence-corrected chi connectivity index (χ4v) is 4.72. The van der Waals surface area contributed by atoms with Gasteiger partial charge >= 0.3 is 6.03 Å². The number of nitrogens with zero attached hydrogens (tertiary/aromatic N) is 2. The fraction of sp³-hybridized carbons (Fsp3) is 0.174. The third-order valence-corrected chi connectivity index (χ3v) is 6.18. The predicted octanol–water partition coefficient (Wildman–Crippen LogP) is 3.75. The Morgan fingerprint density at radius 1 is 1.00 bits per heavy atom. The standard InChI is InChI=1S/C23H18ClN3O3/c1-26-13-23(12-18-17-8-3-2-5-14(17)9-10-19(18)26)20(28)25-22(30)27(21(23)29)16-7-4-6-15(24)11-16/h2-11H,12-13H2,1H3,(H,25,28,30)/t23-/m1/s1. The molecule has 1 saturated heterocycles. The maximum Gasteiger partial charge on any atom is 0.335 e. The first-order chi connectivity index (χ1) is 14.4. The summed E-state index contributed by atoms with van der Waals surface area (Å²) < 4.78 is 0. The third-order valence-electron chi connectivity index (χ3n) is 5.95. The highest BCUT2D eigenvalue weighted by Crippen LogP contribution is 2.43. The van der Waals surface area contributed by atoms with Crippen molar-refractivity contribution < 1.29 is 14.4 Å². The monoisotopic (exact) mass is 419 g/mol. The van der Waals surface area contributed by atoms with Crippen LogP contribution in [0.5, 0.6) is 0 Å². The molecule has 0 bridgehead atoms. The number of imide groups is 2. The fourth-order valence-electron chi connectivity index (χ4n) is 4.54. The van der Waals surface area contributed by atoms with Gasteiger partial charge in [-0.25, -0.2) is 9.69 Å². The van der Waals surface area contributed by atoms with E-state index in [1.54, 1.807) is 24.3 Å². The lowest BCUT2D eigenvalue weighted by molar-refractivity contribution is -0.142. The summed E-state index contributed by atoms with van der Waals surface area (Å²) in [7, 11) is 1.86. The van der Waals surface area contributed by atoms with Crippen LogP contribution in [0, 0.1) is 5.41 Å². The second kappa shape index (κ2) is 6.57. The van der Waals surface area contributed by atoms with Gasteiger partial charge in [-0.1, -0.05) is 48.0 Å². The molecule has 1 atom stereocenters. The van der Waals surface area contributed by atoms with E-state index in [2.05, 4.69) is 5.32 Å². The Morgan fingerprint density at radius 3 is 2.60 bits per heavy atom. The molecule has 7 heteroatoms. The lowest BCUT2D eigenvalue weighted by Crippen LogP contribution is -2.68. The molecular formula is C23H18ClN3O3. The van der Waals surface area contributed by atoms with Gasteiger partial charge in [0, 0.05) is 30.7 Å². The summed E-state index contributed by atoms with van der Waals surface area (Å²) in [6.45, 7) is 0.174. The number of urea groups is 1. The number of amides is 4. The molecule has 30 heavy (non-hydrogen) atoms. The first kappa shape index (κ1) is 18.6. The van der Waals surface area contributed by atoms with Gasteiger partial charge in [-0.15, -0.1) is 0 Å². The number of halogens is 1.